The molecule has 0 fully saturated rings. The van der Waals surface area contributed by atoms with E-state index >= 15 is 0 Å². The number of aromatic amines is 1. The van der Waals surface area contributed by atoms with Crippen molar-refractivity contribution in [1.82, 2.24) is 9.97 Å². The average Bonchev–Trinajstić information content (AvgIpc) is 2.20. The van der Waals surface area contributed by atoms with Crippen LogP contribution >= 0.6 is 15.9 Å². The van der Waals surface area contributed by atoms with Gasteiger partial charge in [0.1, 0.15) is 10.3 Å². The van der Waals surface area contributed by atoms with E-state index in [9.17, 15) is 4.79 Å². The predicted octanol–water partition coefficient (Wildman–Crippen LogP) is 0.715. The summed E-state index contributed by atoms with van der Waals surface area (Å²) in [6.07, 6.45) is 2.08. The number of halogens is 1. The van der Waals surface area contributed by atoms with Crippen LogP contribution in [0.5, 0.6) is 0 Å². The molecule has 14 heavy (non-hydrogen) atoms. The largest absolute Gasteiger partial charge is 0.394 e. The first-order chi connectivity index (χ1) is 6.69. The quantitative estimate of drug-likeness (QED) is 0.747. The van der Waals surface area contributed by atoms with Gasteiger partial charge < -0.3 is 15.4 Å². The van der Waals surface area contributed by atoms with Crippen LogP contribution in [0.25, 0.3) is 0 Å². The van der Waals surface area contributed by atoms with Gasteiger partial charge in [-0.05, 0) is 22.4 Å². The Morgan fingerprint density at radius 2 is 2.50 bits per heavy atom. The van der Waals surface area contributed by atoms with Gasteiger partial charge in [0.15, 0.2) is 0 Å². The van der Waals surface area contributed by atoms with E-state index in [1.165, 1.54) is 6.33 Å². The number of aliphatic hydroxyl groups excluding tert-OH is 1. The van der Waals surface area contributed by atoms with Gasteiger partial charge in [-0.3, -0.25) is 4.79 Å². The Hall–Kier alpha value is -0.880. The molecule has 0 saturated heterocycles. The van der Waals surface area contributed by atoms with Crippen LogP contribution in [0.3, 0.4) is 0 Å². The summed E-state index contributed by atoms with van der Waals surface area (Å²) in [7, 11) is 0. The average molecular weight is 262 g/mol. The third kappa shape index (κ3) is 2.55. The van der Waals surface area contributed by atoms with Crippen LogP contribution < -0.4 is 10.9 Å². The number of anilines is 1. The molecule has 0 saturated carbocycles. The van der Waals surface area contributed by atoms with Crippen molar-refractivity contribution in [2.75, 3.05) is 11.9 Å². The SMILES string of the molecule is CCC(CO)Nc1nc[nH]c(=O)c1Br. The molecule has 1 aromatic heterocycles. The fraction of sp³-hybridized carbons (Fsp3) is 0.500. The Labute approximate surface area is 89.7 Å². The number of nitrogens with one attached hydrogen (secondary N) is 2. The van der Waals surface area contributed by atoms with Crippen molar-refractivity contribution in [1.29, 1.82) is 0 Å². The fourth-order valence-electron chi connectivity index (χ4n) is 0.954. The molecule has 78 valence electrons. The van der Waals surface area contributed by atoms with Crippen LogP contribution in [-0.2, 0) is 0 Å². The molecule has 6 heteroatoms. The summed E-state index contributed by atoms with van der Waals surface area (Å²) >= 11 is 3.12. The lowest BCUT2D eigenvalue weighted by atomic mass is 10.2. The Kier molecular flexibility index (Phi) is 4.09. The minimum atomic E-state index is -0.240. The highest BCUT2D eigenvalue weighted by atomic mass is 79.9. The number of nitrogens with zero attached hydrogens (tertiary/aromatic N) is 1. The summed E-state index contributed by atoms with van der Waals surface area (Å²) in [6.45, 7) is 1.95. The van der Waals surface area contributed by atoms with Gasteiger partial charge in [-0.25, -0.2) is 4.98 Å². The van der Waals surface area contributed by atoms with Crippen molar-refractivity contribution >= 4 is 21.7 Å². The first kappa shape index (κ1) is 11.2. The van der Waals surface area contributed by atoms with E-state index in [1.54, 1.807) is 0 Å². The Balaban J connectivity index is 2.86. The van der Waals surface area contributed by atoms with Gasteiger partial charge in [0.2, 0.25) is 0 Å². The molecular weight excluding hydrogens is 250 g/mol. The van der Waals surface area contributed by atoms with Gasteiger partial charge in [0, 0.05) is 0 Å². The lowest BCUT2D eigenvalue weighted by molar-refractivity contribution is 0.271. The van der Waals surface area contributed by atoms with E-state index in [0.29, 0.717) is 10.3 Å². The number of hydrogen-bond acceptors (Lipinski definition) is 4. The normalized spacial score (nSPS) is 12.5. The minimum Gasteiger partial charge on any atom is -0.394 e. The smallest absolute Gasteiger partial charge is 0.267 e. The van der Waals surface area contributed by atoms with Crippen molar-refractivity contribution in [3.8, 4) is 0 Å². The molecular formula is C8H12BrN3O2. The van der Waals surface area contributed by atoms with Crippen molar-refractivity contribution in [3.63, 3.8) is 0 Å². The predicted molar refractivity (Wildman–Crippen MR) is 57.3 cm³/mol. The zero-order valence-corrected chi connectivity index (χ0v) is 9.34. The summed E-state index contributed by atoms with van der Waals surface area (Å²) < 4.78 is 0.354. The van der Waals surface area contributed by atoms with Gasteiger partial charge in [-0.1, -0.05) is 6.92 Å². The Morgan fingerprint density at radius 3 is 3.07 bits per heavy atom. The van der Waals surface area contributed by atoms with Crippen molar-refractivity contribution in [2.24, 2.45) is 0 Å². The third-order valence-corrected chi connectivity index (χ3v) is 2.59. The first-order valence-corrected chi connectivity index (χ1v) is 5.09. The summed E-state index contributed by atoms with van der Waals surface area (Å²) in [5.74, 6) is 0.453. The molecule has 1 atom stereocenters. The highest BCUT2D eigenvalue weighted by Gasteiger charge is 2.09. The van der Waals surface area contributed by atoms with Crippen LogP contribution in [0.15, 0.2) is 15.6 Å². The van der Waals surface area contributed by atoms with Crippen molar-refractivity contribution in [3.05, 3.63) is 21.2 Å². The molecule has 0 aliphatic carbocycles. The topological polar surface area (TPSA) is 78.0 Å². The standard InChI is InChI=1S/C8H12BrN3O2/c1-2-5(3-13)12-7-6(9)8(14)11-4-10-7/h4-5,13H,2-3H2,1H3,(H2,10,11,12,14). The van der Waals surface area contributed by atoms with Crippen molar-refractivity contribution < 1.29 is 5.11 Å². The second-order valence-corrected chi connectivity index (χ2v) is 3.62. The van der Waals surface area contributed by atoms with Gasteiger partial charge in [-0.2, -0.15) is 0 Å². The fourth-order valence-corrected chi connectivity index (χ4v) is 1.29. The van der Waals surface area contributed by atoms with Crippen molar-refractivity contribution in [2.45, 2.75) is 19.4 Å². The second-order valence-electron chi connectivity index (χ2n) is 2.83. The molecule has 1 aromatic rings. The van der Waals surface area contributed by atoms with E-state index in [2.05, 4.69) is 31.2 Å². The van der Waals surface area contributed by atoms with E-state index < -0.39 is 0 Å². The third-order valence-electron chi connectivity index (χ3n) is 1.85. The molecule has 0 aliphatic rings. The maximum absolute atomic E-state index is 11.2. The van der Waals surface area contributed by atoms with E-state index in [4.69, 9.17) is 5.11 Å². The number of aromatic nitrogens is 2. The number of hydrogen-bond donors (Lipinski definition) is 3. The molecule has 0 aliphatic heterocycles. The molecule has 0 amide bonds. The monoisotopic (exact) mass is 261 g/mol. The summed E-state index contributed by atoms with van der Waals surface area (Å²) in [5.41, 5.74) is -0.240. The first-order valence-electron chi connectivity index (χ1n) is 4.29. The summed E-state index contributed by atoms with van der Waals surface area (Å²) in [6, 6.07) is -0.0828. The van der Waals surface area contributed by atoms with Gasteiger partial charge >= 0.3 is 0 Å². The van der Waals surface area contributed by atoms with Crippen LogP contribution in [-0.4, -0.2) is 27.7 Å². The molecule has 0 radical (unpaired) electrons. The van der Waals surface area contributed by atoms with Gasteiger partial charge in [-0.15, -0.1) is 0 Å². The zero-order valence-electron chi connectivity index (χ0n) is 7.75. The van der Waals surface area contributed by atoms with E-state index in [0.717, 1.165) is 6.42 Å². The molecule has 1 heterocycles. The highest BCUT2D eigenvalue weighted by Crippen LogP contribution is 2.14. The van der Waals surface area contributed by atoms with Gasteiger partial charge in [0.25, 0.3) is 5.56 Å². The molecule has 1 rings (SSSR count). The maximum atomic E-state index is 11.2. The van der Waals surface area contributed by atoms with Gasteiger partial charge in [0.05, 0.1) is 19.0 Å². The zero-order chi connectivity index (χ0) is 10.6. The summed E-state index contributed by atoms with van der Waals surface area (Å²) in [5, 5.41) is 11.9. The van der Waals surface area contributed by atoms with Crippen LogP contribution in [0.4, 0.5) is 5.82 Å². The molecule has 0 bridgehead atoms. The molecule has 3 N–H and O–H groups in total. The van der Waals surface area contributed by atoms with E-state index in [-0.39, 0.29) is 18.2 Å². The molecule has 1 unspecified atom stereocenters. The number of rotatable bonds is 4. The molecule has 5 nitrogen and oxygen atoms in total. The molecule has 0 aromatic carbocycles. The van der Waals surface area contributed by atoms with E-state index in [1.807, 2.05) is 6.92 Å². The maximum Gasteiger partial charge on any atom is 0.267 e. The Morgan fingerprint density at radius 1 is 1.79 bits per heavy atom. The lowest BCUT2D eigenvalue weighted by Gasteiger charge is -2.14. The lowest BCUT2D eigenvalue weighted by Crippen LogP contribution is -2.25. The van der Waals surface area contributed by atoms with Crippen LogP contribution in [0.2, 0.25) is 0 Å². The minimum absolute atomic E-state index is 0.0113. The number of H-pyrrole nitrogens is 1. The summed E-state index contributed by atoms with van der Waals surface area (Å²) in [4.78, 5) is 17.5. The second kappa shape index (κ2) is 5.11. The molecule has 0 spiro atoms. The number of aliphatic hydroxyl groups is 1. The highest BCUT2D eigenvalue weighted by molar-refractivity contribution is 9.10. The Bertz CT molecular complexity index is 349. The van der Waals surface area contributed by atoms with Crippen LogP contribution in [0, 0.1) is 0 Å². The van der Waals surface area contributed by atoms with Crippen LogP contribution in [0.1, 0.15) is 13.3 Å².